The second-order valence-electron chi connectivity index (χ2n) is 4.30. The van der Waals surface area contributed by atoms with Crippen molar-refractivity contribution in [3.63, 3.8) is 0 Å². The number of carbonyl (C=O) groups excluding carboxylic acids is 2. The second kappa shape index (κ2) is 4.54. The highest BCUT2D eigenvalue weighted by molar-refractivity contribution is 6.61. The van der Waals surface area contributed by atoms with Crippen molar-refractivity contribution in [3.8, 4) is 0 Å². The molecule has 1 fully saturated rings. The van der Waals surface area contributed by atoms with Gasteiger partial charge in [0.25, 0.3) is 0 Å². The molecule has 1 saturated carbocycles. The zero-order valence-electron chi connectivity index (χ0n) is 8.55. The first-order chi connectivity index (χ1) is 6.81. The van der Waals surface area contributed by atoms with Gasteiger partial charge in [0.05, 0.1) is 6.42 Å². The van der Waals surface area contributed by atoms with E-state index in [1.165, 1.54) is 0 Å². The molecule has 0 radical (unpaired) electrons. The molecule has 1 unspecified atom stereocenters. The summed E-state index contributed by atoms with van der Waals surface area (Å²) in [5.41, 5.74) is -0.858. The van der Waals surface area contributed by atoms with Gasteiger partial charge in [-0.15, -0.1) is 0 Å². The molecule has 84 valence electrons. The molecular formula is C10H12Cl2O3. The fourth-order valence-corrected chi connectivity index (χ4v) is 1.68. The molecule has 0 N–H and O–H groups in total. The van der Waals surface area contributed by atoms with E-state index in [0.29, 0.717) is 11.0 Å². The Balaban J connectivity index is 2.39. The average Bonchev–Trinajstić information content (AvgIpc) is 2.54. The van der Waals surface area contributed by atoms with Crippen LogP contribution in [0.3, 0.4) is 0 Å². The van der Waals surface area contributed by atoms with Crippen LogP contribution in [0.5, 0.6) is 0 Å². The van der Waals surface area contributed by atoms with E-state index in [9.17, 15) is 9.59 Å². The van der Waals surface area contributed by atoms with E-state index < -0.39 is 11.4 Å². The third kappa shape index (κ3) is 4.22. The topological polar surface area (TPSA) is 43.4 Å². The zero-order chi connectivity index (χ0) is 11.6. The lowest BCUT2D eigenvalue weighted by Crippen LogP contribution is -2.05. The van der Waals surface area contributed by atoms with Crippen LogP contribution in [-0.2, 0) is 9.53 Å². The number of hydrogen-bond donors (Lipinski definition) is 0. The summed E-state index contributed by atoms with van der Waals surface area (Å²) in [6, 6.07) is 0. The summed E-state index contributed by atoms with van der Waals surface area (Å²) in [5, 5.41) is 0.397. The highest BCUT2D eigenvalue weighted by Crippen LogP contribution is 2.53. The van der Waals surface area contributed by atoms with Crippen LogP contribution in [0.15, 0.2) is 11.1 Å². The van der Waals surface area contributed by atoms with E-state index in [2.05, 4.69) is 18.6 Å². The molecule has 0 amide bonds. The van der Waals surface area contributed by atoms with E-state index in [-0.39, 0.29) is 11.8 Å². The van der Waals surface area contributed by atoms with Crippen molar-refractivity contribution in [1.82, 2.24) is 0 Å². The summed E-state index contributed by atoms with van der Waals surface area (Å²) in [6.07, 6.45) is 2.79. The van der Waals surface area contributed by atoms with Gasteiger partial charge >= 0.3 is 11.4 Å². The van der Waals surface area contributed by atoms with Crippen molar-refractivity contribution in [2.45, 2.75) is 26.7 Å². The normalized spacial score (nSPS) is 23.5. The van der Waals surface area contributed by atoms with Gasteiger partial charge in [0.2, 0.25) is 0 Å². The molecule has 0 aromatic carbocycles. The van der Waals surface area contributed by atoms with Crippen molar-refractivity contribution in [3.05, 3.63) is 11.1 Å². The van der Waals surface area contributed by atoms with Gasteiger partial charge in [0, 0.05) is 16.6 Å². The number of esters is 1. The fraction of sp³-hybridized carbons (Fsp3) is 0.600. The van der Waals surface area contributed by atoms with Crippen molar-refractivity contribution in [2.24, 2.45) is 11.3 Å². The van der Waals surface area contributed by atoms with Gasteiger partial charge in [-0.3, -0.25) is 4.79 Å². The van der Waals surface area contributed by atoms with Crippen LogP contribution in [-0.4, -0.2) is 11.4 Å². The van der Waals surface area contributed by atoms with Gasteiger partial charge in [0.15, 0.2) is 0 Å². The number of allylic oxidation sites excluding steroid dienone is 1. The zero-order valence-corrected chi connectivity index (χ0v) is 10.1. The van der Waals surface area contributed by atoms with E-state index in [0.717, 1.165) is 6.42 Å². The molecule has 5 heteroatoms. The molecule has 0 heterocycles. The molecular weight excluding hydrogens is 239 g/mol. The van der Waals surface area contributed by atoms with Crippen LogP contribution in [0.25, 0.3) is 0 Å². The minimum atomic E-state index is -1.13. The number of rotatable bonds is 3. The highest BCUT2D eigenvalue weighted by atomic mass is 35.5. The Bertz CT molecular complexity index is 321. The van der Waals surface area contributed by atoms with Crippen LogP contribution in [0, 0.1) is 11.3 Å². The smallest absolute Gasteiger partial charge is 0.380 e. The lowest BCUT2D eigenvalue weighted by atomic mass is 10.1. The van der Waals surface area contributed by atoms with Gasteiger partial charge in [0.1, 0.15) is 0 Å². The van der Waals surface area contributed by atoms with E-state index in [1.807, 2.05) is 6.08 Å². The summed E-state index contributed by atoms with van der Waals surface area (Å²) in [6.45, 7) is 4.25. The summed E-state index contributed by atoms with van der Waals surface area (Å²) < 4.78 is 4.14. The molecule has 0 saturated heterocycles. The van der Waals surface area contributed by atoms with Crippen LogP contribution in [0.1, 0.15) is 26.7 Å². The first-order valence-corrected chi connectivity index (χ1v) is 5.33. The van der Waals surface area contributed by atoms with Gasteiger partial charge in [-0.1, -0.05) is 31.5 Å². The van der Waals surface area contributed by atoms with Gasteiger partial charge in [-0.05, 0) is 17.8 Å². The van der Waals surface area contributed by atoms with Gasteiger partial charge in [-0.2, -0.15) is 0 Å². The predicted octanol–water partition coefficient (Wildman–Crippen LogP) is 3.45. The summed E-state index contributed by atoms with van der Waals surface area (Å²) in [7, 11) is 0. The van der Waals surface area contributed by atoms with Crippen LogP contribution in [0.2, 0.25) is 0 Å². The summed E-state index contributed by atoms with van der Waals surface area (Å²) in [4.78, 5) is 21.2. The molecule has 1 aliphatic rings. The monoisotopic (exact) mass is 250 g/mol. The summed E-state index contributed by atoms with van der Waals surface area (Å²) in [5.74, 6) is -0.320. The van der Waals surface area contributed by atoms with Crippen molar-refractivity contribution in [1.29, 1.82) is 0 Å². The van der Waals surface area contributed by atoms with E-state index in [4.69, 9.17) is 23.2 Å². The maximum atomic E-state index is 11.0. The molecule has 0 aliphatic heterocycles. The number of carbonyl (C=O) groups is 2. The average molecular weight is 251 g/mol. The maximum Gasteiger partial charge on any atom is 0.411 e. The molecule has 0 spiro atoms. The maximum absolute atomic E-state index is 11.0. The quantitative estimate of drug-likeness (QED) is 0.438. The second-order valence-corrected chi connectivity index (χ2v) is 5.10. The van der Waals surface area contributed by atoms with E-state index >= 15 is 0 Å². The fourth-order valence-electron chi connectivity index (χ4n) is 1.33. The lowest BCUT2D eigenvalue weighted by molar-refractivity contribution is -0.135. The van der Waals surface area contributed by atoms with E-state index in [1.54, 1.807) is 0 Å². The molecule has 0 bridgehead atoms. The molecule has 15 heavy (non-hydrogen) atoms. The number of hydrogen-bond acceptors (Lipinski definition) is 3. The molecule has 0 aromatic rings. The highest BCUT2D eigenvalue weighted by Gasteiger charge is 2.43. The van der Waals surface area contributed by atoms with Gasteiger partial charge in [-0.25, -0.2) is 4.79 Å². The Labute approximate surface area is 98.4 Å². The molecule has 1 atom stereocenters. The third-order valence-corrected chi connectivity index (χ3v) is 2.82. The lowest BCUT2D eigenvalue weighted by Gasteiger charge is -2.00. The first kappa shape index (κ1) is 12.5. The number of halogens is 2. The molecule has 0 aromatic heterocycles. The number of ether oxygens (including phenoxy) is 1. The minimum Gasteiger partial charge on any atom is -0.380 e. The van der Waals surface area contributed by atoms with Crippen LogP contribution in [0.4, 0.5) is 4.79 Å². The van der Waals surface area contributed by atoms with Crippen LogP contribution < -0.4 is 0 Å². The minimum absolute atomic E-state index is 0.105. The Hall–Kier alpha value is -0.540. The standard InChI is InChI=1S/C10H12Cl2O3/c1-10(2)5-6(10)3-7(11)4-8(13)15-9(12)14/h3,6H,4-5H2,1-2H3. The Morgan fingerprint density at radius 3 is 2.40 bits per heavy atom. The van der Waals surface area contributed by atoms with Crippen molar-refractivity contribution in [2.75, 3.05) is 0 Å². The van der Waals surface area contributed by atoms with Gasteiger partial charge < -0.3 is 4.74 Å². The Morgan fingerprint density at radius 1 is 1.47 bits per heavy atom. The Kier molecular flexibility index (Phi) is 3.79. The van der Waals surface area contributed by atoms with Crippen molar-refractivity contribution >= 4 is 34.6 Å². The first-order valence-electron chi connectivity index (χ1n) is 4.57. The largest absolute Gasteiger partial charge is 0.411 e. The molecule has 3 nitrogen and oxygen atoms in total. The SMILES string of the molecule is CC1(C)CC1C=C(Cl)CC(=O)OC(=O)Cl. The van der Waals surface area contributed by atoms with Crippen molar-refractivity contribution < 1.29 is 14.3 Å². The molecule has 1 aliphatic carbocycles. The predicted molar refractivity (Wildman–Crippen MR) is 57.8 cm³/mol. The molecule has 1 rings (SSSR count). The summed E-state index contributed by atoms with van der Waals surface area (Å²) >= 11 is 10.7. The third-order valence-electron chi connectivity index (χ3n) is 2.48. The Morgan fingerprint density at radius 2 is 2.00 bits per heavy atom. The van der Waals surface area contributed by atoms with Crippen LogP contribution >= 0.6 is 23.2 Å².